The number of likely N-dealkylation sites (tertiary alicyclic amines) is 2. The molecule has 0 spiro atoms. The van der Waals surface area contributed by atoms with Crippen LogP contribution < -0.4 is 27.2 Å². The Morgan fingerprint density at radius 3 is 2.29 bits per heavy atom. The fourth-order valence-corrected chi connectivity index (χ4v) is 14.9. The minimum atomic E-state index is -0.846. The molecule has 75 heavy (non-hydrogen) atoms. The molecule has 5 saturated heterocycles. The number of carbonyl (C=O) groups is 3. The number of β-amino-alcohol motifs (C(OH)–C–C–N with tert-alkyl or cyclic N) is 1. The fraction of sp³-hybridized carbons (Fsp3) is 0.542. The lowest BCUT2D eigenvalue weighted by atomic mass is 9.55. The molecule has 2 unspecified atom stereocenters. The van der Waals surface area contributed by atoms with E-state index in [0.717, 1.165) is 103 Å². The molecular formula is C59H76N10O5S. The molecule has 2 aromatic carbocycles. The smallest absolute Gasteiger partial charge is 0.246 e. The van der Waals surface area contributed by atoms with Gasteiger partial charge in [0.1, 0.15) is 23.7 Å². The van der Waals surface area contributed by atoms with Crippen molar-refractivity contribution in [2.24, 2.45) is 23.0 Å². The number of rotatable bonds is 14. The number of aryl methyl sites for hydroxylation is 1. The number of amides is 3. The standard InChI is InChI=1S/C59H76N10O5S/c1-35-52(75-34-63-35)48-20-10-37(31-61-48)32-62-56(73)50-28-46(70)33-68(50)57(74)53(58(2,3)4)64-55(72)40-14-18-43(19-15-40)67-23-21-39(22-24-67)38-12-16-42(17-13-38)59-29-44-25-36(26-45(30-59)69(44)59)9-11-41-27-49(65-66-54(41)60)47-7-5-6-8-51(47)71/h5-8,10,12-13,16-17,20,27,31,34,36,39-40,43-46,50,53,65-66,70-71H,9,11,14-15,18-19,21-26,28-30,32-33,60H2,1-4H3,(H,62,73)(H,64,72)/t36?,40-,43+,44?,45?,46-,50+,53-,59?/m1/s1. The minimum absolute atomic E-state index is 0.0388. The summed E-state index contributed by atoms with van der Waals surface area (Å²) in [6.45, 7) is 10.2. The molecule has 0 bridgehead atoms. The first-order valence-electron chi connectivity index (χ1n) is 27.7. The van der Waals surface area contributed by atoms with Crippen LogP contribution in [0.25, 0.3) is 16.3 Å². The number of allylic oxidation sites excluding steroid dienone is 2. The maximum atomic E-state index is 14.3. The predicted molar refractivity (Wildman–Crippen MR) is 291 cm³/mol. The lowest BCUT2D eigenvalue weighted by molar-refractivity contribution is -0.236. The van der Waals surface area contributed by atoms with E-state index < -0.39 is 23.6 Å². The number of hydrogen-bond donors (Lipinski definition) is 7. The molecule has 6 fully saturated rings. The monoisotopic (exact) mass is 1040 g/mol. The number of aromatic nitrogens is 2. The predicted octanol–water partition coefficient (Wildman–Crippen LogP) is 7.32. The number of aromatic hydroxyl groups is 1. The maximum absolute atomic E-state index is 14.3. The normalized spacial score (nSPS) is 28.5. The molecule has 2 aromatic heterocycles. The van der Waals surface area contributed by atoms with Crippen LogP contribution in [0.4, 0.5) is 0 Å². The summed E-state index contributed by atoms with van der Waals surface area (Å²) in [6, 6.07) is 21.0. The third-order valence-corrected chi connectivity index (χ3v) is 19.2. The van der Waals surface area contributed by atoms with Gasteiger partial charge in [0.25, 0.3) is 0 Å². The van der Waals surface area contributed by atoms with Gasteiger partial charge in [-0.15, -0.1) is 11.3 Å². The molecule has 4 aromatic rings. The number of para-hydroxylation sites is 1. The fourth-order valence-electron chi connectivity index (χ4n) is 14.1. The molecule has 0 radical (unpaired) electrons. The van der Waals surface area contributed by atoms with Gasteiger partial charge in [-0.2, -0.15) is 0 Å². The summed E-state index contributed by atoms with van der Waals surface area (Å²) in [6.07, 6.45) is 15.9. The van der Waals surface area contributed by atoms with Crippen LogP contribution in [0.5, 0.6) is 5.75 Å². The Labute approximate surface area is 445 Å². The Kier molecular flexibility index (Phi) is 14.3. The second-order valence-corrected chi connectivity index (χ2v) is 24.8. The zero-order valence-electron chi connectivity index (χ0n) is 44.1. The van der Waals surface area contributed by atoms with Gasteiger partial charge >= 0.3 is 0 Å². The summed E-state index contributed by atoms with van der Waals surface area (Å²) in [7, 11) is 0. The third kappa shape index (κ3) is 10.3. The summed E-state index contributed by atoms with van der Waals surface area (Å²) in [4.78, 5) is 58.8. The van der Waals surface area contributed by atoms with Gasteiger partial charge in [0.2, 0.25) is 17.7 Å². The molecule has 8 N–H and O–H groups in total. The van der Waals surface area contributed by atoms with E-state index in [-0.39, 0.29) is 54.4 Å². The zero-order chi connectivity index (χ0) is 52.2. The number of thiazole rings is 1. The number of nitrogens with two attached hydrogens (primary N) is 1. The number of phenols is 1. The van der Waals surface area contributed by atoms with Crippen molar-refractivity contribution in [2.75, 3.05) is 19.6 Å². The number of benzene rings is 2. The SMILES string of the molecule is Cc1ncsc1-c1ccc(CNC(=O)[C@@H]2C[C@@H](O)CN2C(=O)[C@@H](NC(=O)[C@H]2CC[C@@H](N3CCC(c4ccc(C56CC7CC(CCC8=C(N)NNC(c9ccccc9O)=C8)CC(C5)N76)cc4)CC3)CC2)C(C)(C)C)cn1. The molecule has 16 heteroatoms. The number of carbonyl (C=O) groups excluding carboxylic acids is 3. The van der Waals surface area contributed by atoms with Crippen molar-refractivity contribution in [3.05, 3.63) is 118 Å². The number of piperidine rings is 3. The van der Waals surface area contributed by atoms with Gasteiger partial charge < -0.3 is 36.4 Å². The van der Waals surface area contributed by atoms with Crippen LogP contribution in [0.3, 0.4) is 0 Å². The highest BCUT2D eigenvalue weighted by molar-refractivity contribution is 7.13. The summed E-state index contributed by atoms with van der Waals surface area (Å²) in [5, 5.41) is 27.3. The Balaban J connectivity index is 0.617. The van der Waals surface area contributed by atoms with Crippen LogP contribution in [-0.2, 0) is 26.5 Å². The first kappa shape index (κ1) is 51.3. The van der Waals surface area contributed by atoms with Gasteiger partial charge in [0.15, 0.2) is 0 Å². The number of aliphatic hydroxyl groups is 1. The van der Waals surface area contributed by atoms with Crippen molar-refractivity contribution in [2.45, 2.75) is 165 Å². The lowest BCUT2D eigenvalue weighted by Crippen LogP contribution is -2.78. The highest BCUT2D eigenvalue weighted by atomic mass is 32.1. The van der Waals surface area contributed by atoms with E-state index in [4.69, 9.17) is 5.73 Å². The van der Waals surface area contributed by atoms with E-state index in [0.29, 0.717) is 35.8 Å². The number of nitrogens with one attached hydrogen (secondary N) is 4. The van der Waals surface area contributed by atoms with Crippen molar-refractivity contribution >= 4 is 34.8 Å². The average molecular weight is 1040 g/mol. The molecule has 1 aliphatic carbocycles. The van der Waals surface area contributed by atoms with E-state index in [1.54, 1.807) is 17.8 Å². The zero-order valence-corrected chi connectivity index (χ0v) is 44.9. The van der Waals surface area contributed by atoms with E-state index in [1.807, 2.05) is 58.0 Å². The van der Waals surface area contributed by atoms with E-state index >= 15 is 0 Å². The molecule has 15 nitrogen and oxygen atoms in total. The quantitative estimate of drug-likeness (QED) is 0.0665. The van der Waals surface area contributed by atoms with Crippen LogP contribution in [0.15, 0.2) is 89.8 Å². The molecular weight excluding hydrogens is 961 g/mol. The highest BCUT2D eigenvalue weighted by Crippen LogP contribution is 2.63. The van der Waals surface area contributed by atoms with Crippen LogP contribution in [-0.4, -0.2) is 109 Å². The summed E-state index contributed by atoms with van der Waals surface area (Å²) in [5.74, 6) is 1.20. The summed E-state index contributed by atoms with van der Waals surface area (Å²) in [5.41, 5.74) is 22.3. The van der Waals surface area contributed by atoms with Crippen LogP contribution in [0.1, 0.15) is 138 Å². The van der Waals surface area contributed by atoms with Crippen molar-refractivity contribution in [1.82, 2.24) is 46.2 Å². The van der Waals surface area contributed by atoms with Crippen LogP contribution in [0.2, 0.25) is 0 Å². The summed E-state index contributed by atoms with van der Waals surface area (Å²) < 4.78 is 0. The first-order chi connectivity index (χ1) is 36.1. The van der Waals surface area contributed by atoms with Crippen molar-refractivity contribution in [3.63, 3.8) is 0 Å². The van der Waals surface area contributed by atoms with Crippen LogP contribution >= 0.6 is 11.3 Å². The molecule has 8 heterocycles. The number of nitrogens with zero attached hydrogens (tertiary/aromatic N) is 5. The van der Waals surface area contributed by atoms with Gasteiger partial charge in [-0.05, 0) is 161 Å². The van der Waals surface area contributed by atoms with Gasteiger partial charge in [0.05, 0.1) is 33.6 Å². The maximum Gasteiger partial charge on any atom is 0.246 e. The number of hydrazine groups is 1. The molecule has 3 amide bonds. The first-order valence-corrected chi connectivity index (χ1v) is 28.6. The van der Waals surface area contributed by atoms with Gasteiger partial charge in [-0.25, -0.2) is 4.98 Å². The molecule has 7 aliphatic rings. The number of phenolic OH excluding ortho intramolecular Hbond substituents is 1. The Bertz CT molecular complexity index is 2790. The van der Waals surface area contributed by atoms with Gasteiger partial charge in [0, 0.05) is 60.9 Å². The second kappa shape index (κ2) is 21.0. The topological polar surface area (TPSA) is 201 Å². The highest BCUT2D eigenvalue weighted by Gasteiger charge is 2.65. The molecule has 6 aliphatic heterocycles. The van der Waals surface area contributed by atoms with E-state index in [2.05, 4.69) is 71.6 Å². The molecule has 1 saturated carbocycles. The lowest BCUT2D eigenvalue weighted by Gasteiger charge is -2.74. The molecule has 5 atom stereocenters. The summed E-state index contributed by atoms with van der Waals surface area (Å²) >= 11 is 1.53. The largest absolute Gasteiger partial charge is 0.507 e. The van der Waals surface area contributed by atoms with Crippen LogP contribution in [0, 0.1) is 24.2 Å². The minimum Gasteiger partial charge on any atom is -0.507 e. The Morgan fingerprint density at radius 2 is 1.63 bits per heavy atom. The Hall–Kier alpha value is -5.81. The van der Waals surface area contributed by atoms with Crippen molar-refractivity contribution < 1.29 is 24.6 Å². The second-order valence-electron chi connectivity index (χ2n) is 24.0. The van der Waals surface area contributed by atoms with E-state index in [9.17, 15) is 24.6 Å². The van der Waals surface area contributed by atoms with Gasteiger partial charge in [-0.1, -0.05) is 63.2 Å². The average Bonchev–Trinajstić information content (AvgIpc) is 4.03. The van der Waals surface area contributed by atoms with Crippen molar-refractivity contribution in [3.8, 4) is 16.3 Å². The Morgan fingerprint density at radius 1 is 0.893 bits per heavy atom. The van der Waals surface area contributed by atoms with Crippen molar-refractivity contribution in [1.29, 1.82) is 0 Å². The molecule has 398 valence electrons. The number of pyridine rings is 1. The number of aliphatic hydroxyl groups excluding tert-OH is 1. The van der Waals surface area contributed by atoms with Gasteiger partial charge in [-0.3, -0.25) is 35.1 Å². The van der Waals surface area contributed by atoms with E-state index in [1.165, 1.54) is 53.0 Å². The molecule has 11 rings (SSSR count). The third-order valence-electron chi connectivity index (χ3n) is 18.2. The number of hydrogen-bond acceptors (Lipinski definition) is 13.